The van der Waals surface area contributed by atoms with E-state index in [0.717, 1.165) is 17.5 Å². The third-order valence-corrected chi connectivity index (χ3v) is 4.96. The number of phenols is 1. The number of nitrogens with zero attached hydrogens (tertiary/aromatic N) is 1. The van der Waals surface area contributed by atoms with Crippen molar-refractivity contribution in [2.24, 2.45) is 0 Å². The second kappa shape index (κ2) is 7.33. The molecular weight excluding hydrogens is 342 g/mol. The monoisotopic (exact) mass is 361 g/mol. The molecule has 25 heavy (non-hydrogen) atoms. The van der Waals surface area contributed by atoms with Gasteiger partial charge in [0.2, 0.25) is 0 Å². The molecule has 0 fully saturated rings. The van der Waals surface area contributed by atoms with Gasteiger partial charge in [0.1, 0.15) is 5.75 Å². The Morgan fingerprint density at radius 2 is 1.92 bits per heavy atom. The van der Waals surface area contributed by atoms with Gasteiger partial charge in [-0.3, -0.25) is 0 Å². The van der Waals surface area contributed by atoms with Crippen LogP contribution in [0, 0.1) is 0 Å². The van der Waals surface area contributed by atoms with Crippen molar-refractivity contribution in [1.82, 2.24) is 4.90 Å². The minimum atomic E-state index is -1.05. The Kier molecular flexibility index (Phi) is 5.16. The molecule has 2 aromatic carbocycles. The average molecular weight is 362 g/mol. The lowest BCUT2D eigenvalue weighted by Gasteiger charge is -2.34. The number of aromatic hydroxyl groups is 1. The molecule has 3 rings (SSSR count). The Hall–Kier alpha value is -2.24. The highest BCUT2D eigenvalue weighted by atomic mass is 35.5. The number of fused-ring (bicyclic) bond motifs is 1. The van der Waals surface area contributed by atoms with Crippen LogP contribution in [0.3, 0.4) is 0 Å². The number of rotatable bonds is 4. The highest BCUT2D eigenvalue weighted by molar-refractivity contribution is 6.30. The van der Waals surface area contributed by atoms with Crippen LogP contribution in [0.1, 0.15) is 29.2 Å². The standard InChI is InChI=1S/C19H20ClNO4/c20-15-5-1-13(2-6-15)18(23)11-21(19(24)25)16-7-3-12-4-8-17(22)10-14(12)9-16/h1-2,4-6,8,10,16,18,22-23H,3,7,9,11H2,(H,24,25). The quantitative estimate of drug-likeness (QED) is 0.777. The Labute approximate surface area is 151 Å². The van der Waals surface area contributed by atoms with Crippen molar-refractivity contribution in [2.45, 2.75) is 31.4 Å². The summed E-state index contributed by atoms with van der Waals surface area (Å²) >= 11 is 5.85. The maximum atomic E-state index is 11.7. The van der Waals surface area contributed by atoms with Gasteiger partial charge in [-0.2, -0.15) is 0 Å². The number of amides is 1. The van der Waals surface area contributed by atoms with E-state index < -0.39 is 12.2 Å². The lowest BCUT2D eigenvalue weighted by Crippen LogP contribution is -2.44. The molecule has 2 atom stereocenters. The maximum absolute atomic E-state index is 11.7. The maximum Gasteiger partial charge on any atom is 0.407 e. The van der Waals surface area contributed by atoms with Gasteiger partial charge >= 0.3 is 6.09 Å². The molecule has 6 heteroatoms. The zero-order chi connectivity index (χ0) is 18.0. The van der Waals surface area contributed by atoms with E-state index >= 15 is 0 Å². The normalized spacial score (nSPS) is 17.6. The lowest BCUT2D eigenvalue weighted by molar-refractivity contribution is 0.0727. The first-order valence-corrected chi connectivity index (χ1v) is 8.55. The minimum Gasteiger partial charge on any atom is -0.508 e. The largest absolute Gasteiger partial charge is 0.508 e. The summed E-state index contributed by atoms with van der Waals surface area (Å²) in [7, 11) is 0. The molecule has 0 aromatic heterocycles. The Morgan fingerprint density at radius 3 is 2.60 bits per heavy atom. The van der Waals surface area contributed by atoms with E-state index in [4.69, 9.17) is 11.6 Å². The van der Waals surface area contributed by atoms with Crippen LogP contribution in [0.15, 0.2) is 42.5 Å². The Bertz CT molecular complexity index is 763. The van der Waals surface area contributed by atoms with Crippen LogP contribution in [-0.4, -0.2) is 38.9 Å². The molecule has 5 nitrogen and oxygen atoms in total. The summed E-state index contributed by atoms with van der Waals surface area (Å²) in [6.45, 7) is -0.00419. The van der Waals surface area contributed by atoms with Gasteiger partial charge in [-0.05, 0) is 60.2 Å². The zero-order valence-electron chi connectivity index (χ0n) is 13.6. The van der Waals surface area contributed by atoms with Gasteiger partial charge in [-0.1, -0.05) is 29.8 Å². The van der Waals surface area contributed by atoms with Gasteiger partial charge in [-0.25, -0.2) is 4.79 Å². The molecule has 132 valence electrons. The van der Waals surface area contributed by atoms with E-state index in [1.54, 1.807) is 36.4 Å². The summed E-state index contributed by atoms with van der Waals surface area (Å²) in [5, 5.41) is 30.2. The fraction of sp³-hybridized carbons (Fsp3) is 0.316. The second-order valence-corrected chi connectivity index (χ2v) is 6.79. The molecule has 0 heterocycles. The van der Waals surface area contributed by atoms with E-state index in [1.165, 1.54) is 4.90 Å². The first kappa shape index (κ1) is 17.6. The van der Waals surface area contributed by atoms with E-state index in [-0.39, 0.29) is 18.3 Å². The zero-order valence-corrected chi connectivity index (χ0v) is 14.4. The number of halogens is 1. The summed E-state index contributed by atoms with van der Waals surface area (Å²) in [5.74, 6) is 0.183. The molecule has 0 radical (unpaired) electrons. The van der Waals surface area contributed by atoms with Crippen LogP contribution >= 0.6 is 11.6 Å². The van der Waals surface area contributed by atoms with Crippen LogP contribution in [0.2, 0.25) is 5.02 Å². The number of hydrogen-bond donors (Lipinski definition) is 3. The summed E-state index contributed by atoms with van der Waals surface area (Å²) in [6.07, 6.45) is 0.00238. The predicted molar refractivity (Wildman–Crippen MR) is 95.1 cm³/mol. The first-order chi connectivity index (χ1) is 11.9. The molecule has 2 unspecified atom stereocenters. The lowest BCUT2D eigenvalue weighted by atomic mass is 9.87. The third-order valence-electron chi connectivity index (χ3n) is 4.70. The highest BCUT2D eigenvalue weighted by Crippen LogP contribution is 2.29. The fourth-order valence-corrected chi connectivity index (χ4v) is 3.48. The molecule has 3 N–H and O–H groups in total. The Morgan fingerprint density at radius 1 is 1.20 bits per heavy atom. The van der Waals surface area contributed by atoms with Crippen molar-refractivity contribution < 1.29 is 20.1 Å². The highest BCUT2D eigenvalue weighted by Gasteiger charge is 2.29. The van der Waals surface area contributed by atoms with Gasteiger partial charge in [0.05, 0.1) is 12.6 Å². The molecule has 0 saturated carbocycles. The predicted octanol–water partition coefficient (Wildman–Crippen LogP) is 3.62. The first-order valence-electron chi connectivity index (χ1n) is 8.18. The molecule has 2 aromatic rings. The number of aliphatic hydroxyl groups excluding tert-OH is 1. The summed E-state index contributed by atoms with van der Waals surface area (Å²) in [6, 6.07) is 11.7. The summed E-state index contributed by atoms with van der Waals surface area (Å²) in [5.41, 5.74) is 2.73. The number of aliphatic hydroxyl groups is 1. The van der Waals surface area contributed by atoms with Crippen molar-refractivity contribution in [1.29, 1.82) is 0 Å². The van der Waals surface area contributed by atoms with Crippen LogP contribution < -0.4 is 0 Å². The van der Waals surface area contributed by atoms with Crippen molar-refractivity contribution in [3.05, 3.63) is 64.2 Å². The molecule has 0 bridgehead atoms. The van der Waals surface area contributed by atoms with Crippen LogP contribution in [-0.2, 0) is 12.8 Å². The van der Waals surface area contributed by atoms with Crippen molar-refractivity contribution in [3.8, 4) is 5.75 Å². The number of carbonyl (C=O) groups is 1. The van der Waals surface area contributed by atoms with Crippen LogP contribution in [0.4, 0.5) is 4.79 Å². The number of benzene rings is 2. The van der Waals surface area contributed by atoms with Gasteiger partial charge in [0.25, 0.3) is 0 Å². The topological polar surface area (TPSA) is 81.0 Å². The second-order valence-electron chi connectivity index (χ2n) is 6.35. The van der Waals surface area contributed by atoms with Gasteiger partial charge in [0.15, 0.2) is 0 Å². The molecular formula is C19H20ClNO4. The molecule has 1 amide bonds. The van der Waals surface area contributed by atoms with Gasteiger partial charge in [-0.15, -0.1) is 0 Å². The van der Waals surface area contributed by atoms with E-state index in [2.05, 4.69) is 0 Å². The van der Waals surface area contributed by atoms with Gasteiger partial charge in [0, 0.05) is 11.1 Å². The molecule has 0 saturated heterocycles. The minimum absolute atomic E-state index is 0.00419. The SMILES string of the molecule is O=C(O)N(CC(O)c1ccc(Cl)cc1)C1CCc2ccc(O)cc2C1. The van der Waals surface area contributed by atoms with Gasteiger partial charge < -0.3 is 20.2 Å². The smallest absolute Gasteiger partial charge is 0.407 e. The fourth-order valence-electron chi connectivity index (χ4n) is 3.35. The molecule has 0 aliphatic heterocycles. The molecule has 1 aliphatic carbocycles. The number of phenolic OH excluding ortho intramolecular Hbond substituents is 1. The van der Waals surface area contributed by atoms with Crippen molar-refractivity contribution in [3.63, 3.8) is 0 Å². The number of hydrogen-bond acceptors (Lipinski definition) is 3. The number of carboxylic acid groups (broad SMARTS) is 1. The van der Waals surface area contributed by atoms with Crippen molar-refractivity contribution >= 4 is 17.7 Å². The van der Waals surface area contributed by atoms with E-state index in [1.807, 2.05) is 6.07 Å². The summed E-state index contributed by atoms with van der Waals surface area (Å²) in [4.78, 5) is 13.0. The van der Waals surface area contributed by atoms with Crippen LogP contribution in [0.5, 0.6) is 5.75 Å². The molecule has 0 spiro atoms. The third kappa shape index (κ3) is 4.06. The van der Waals surface area contributed by atoms with Crippen molar-refractivity contribution in [2.75, 3.05) is 6.54 Å². The summed E-state index contributed by atoms with van der Waals surface area (Å²) < 4.78 is 0. The average Bonchev–Trinajstić information content (AvgIpc) is 2.59. The number of aryl methyl sites for hydroxylation is 1. The molecule has 1 aliphatic rings. The van der Waals surface area contributed by atoms with E-state index in [0.29, 0.717) is 23.4 Å². The Balaban J connectivity index is 1.75. The van der Waals surface area contributed by atoms with Crippen LogP contribution in [0.25, 0.3) is 0 Å². The van der Waals surface area contributed by atoms with E-state index in [9.17, 15) is 20.1 Å².